The molecule has 1 atom stereocenters. The minimum atomic E-state index is -0.958. The van der Waals surface area contributed by atoms with E-state index in [2.05, 4.69) is 15.3 Å². The molecule has 0 aliphatic carbocycles. The number of carbonyl (C=O) groups excluding carboxylic acids is 1. The third-order valence-corrected chi connectivity index (χ3v) is 16.1. The molecule has 0 bridgehead atoms. The lowest BCUT2D eigenvalue weighted by atomic mass is 10.9. The van der Waals surface area contributed by atoms with Gasteiger partial charge in [0.1, 0.15) is 6.61 Å². The van der Waals surface area contributed by atoms with E-state index in [0.29, 0.717) is 29.2 Å². The van der Waals surface area contributed by atoms with Crippen LogP contribution in [0.1, 0.15) is 0 Å². The molecule has 0 fully saturated rings. The standard InChI is InChI=1S/C18H35N3O5S11/c1-19-9-37(24)17-35-15-33-13-32-14-34-16-36-18(23)21-8-29-11-31-12-30-10-28-7-20-6-26-25-3-5-27-4-2-22/h6,9,22H,2-5,7-8,10-17H2,1H3,(H,21,23)/b19-9?,20-6-. The average Bonchev–Trinajstić information content (AvgIpc) is 2.89. The Balaban J connectivity index is 3.23. The monoisotopic (exact) mass is 725 g/mol. The van der Waals surface area contributed by atoms with Crippen molar-refractivity contribution in [2.45, 2.75) is 0 Å². The van der Waals surface area contributed by atoms with Crippen molar-refractivity contribution in [1.82, 2.24) is 5.32 Å². The minimum Gasteiger partial charge on any atom is -0.396 e. The number of amides is 1. The molecular formula is C18H35N3O5S11. The van der Waals surface area contributed by atoms with Gasteiger partial charge >= 0.3 is 0 Å². The number of aliphatic imine (C=N–C) groups is 2. The van der Waals surface area contributed by atoms with Crippen LogP contribution in [0.25, 0.3) is 0 Å². The molecule has 218 valence electrons. The summed E-state index contributed by atoms with van der Waals surface area (Å²) in [5.74, 6) is 2.76. The van der Waals surface area contributed by atoms with Gasteiger partial charge < -0.3 is 15.3 Å². The summed E-state index contributed by atoms with van der Waals surface area (Å²) in [4.78, 5) is 29.5. The van der Waals surface area contributed by atoms with Gasteiger partial charge in [-0.15, -0.1) is 94.1 Å². The number of hydrogen-bond donors (Lipinski definition) is 2. The van der Waals surface area contributed by atoms with Crippen molar-refractivity contribution in [3.8, 4) is 0 Å². The van der Waals surface area contributed by atoms with Gasteiger partial charge in [-0.3, -0.25) is 14.0 Å². The fraction of sp³-hybridized carbons (Fsp3) is 0.833. The summed E-state index contributed by atoms with van der Waals surface area (Å²) in [6.07, 6.45) is 1.32. The van der Waals surface area contributed by atoms with Crippen LogP contribution in [0.2, 0.25) is 0 Å². The lowest BCUT2D eigenvalue weighted by Gasteiger charge is -2.05. The summed E-state index contributed by atoms with van der Waals surface area (Å²) < 4.78 is 11.4. The van der Waals surface area contributed by atoms with E-state index in [-0.39, 0.29) is 11.8 Å². The van der Waals surface area contributed by atoms with Crippen LogP contribution >= 0.6 is 118 Å². The molecule has 0 saturated heterocycles. The number of hydrogen-bond acceptors (Lipinski definition) is 17. The Hall–Kier alpha value is 2.18. The molecule has 0 rings (SSSR count). The summed E-state index contributed by atoms with van der Waals surface area (Å²) in [6.45, 7) is 0.653. The van der Waals surface area contributed by atoms with Crippen molar-refractivity contribution in [3.63, 3.8) is 0 Å². The van der Waals surface area contributed by atoms with E-state index < -0.39 is 10.8 Å². The van der Waals surface area contributed by atoms with Gasteiger partial charge in [0.05, 0.1) is 39.8 Å². The highest BCUT2D eigenvalue weighted by Crippen LogP contribution is 2.24. The highest BCUT2D eigenvalue weighted by molar-refractivity contribution is 8.30. The molecule has 0 aromatic carbocycles. The number of thioether (sulfide) groups is 10. The maximum atomic E-state index is 11.8. The SMILES string of the molecule is CN=CS(=O)CSCSCSCSCSC(=O)NCSCSCSCSC/N=C\OOCCSCCO. The molecule has 0 aliphatic rings. The number of carbonyl (C=O) groups is 1. The highest BCUT2D eigenvalue weighted by atomic mass is 32.3. The lowest BCUT2D eigenvalue weighted by molar-refractivity contribution is -0.210. The van der Waals surface area contributed by atoms with Crippen molar-refractivity contribution in [2.75, 3.05) is 84.2 Å². The second-order valence-electron chi connectivity index (χ2n) is 5.74. The summed E-state index contributed by atoms with van der Waals surface area (Å²) in [6, 6.07) is 0. The van der Waals surface area contributed by atoms with Crippen LogP contribution in [0.5, 0.6) is 0 Å². The molecule has 0 aromatic heterocycles. The van der Waals surface area contributed by atoms with Crippen molar-refractivity contribution in [2.24, 2.45) is 9.98 Å². The van der Waals surface area contributed by atoms with Gasteiger partial charge in [-0.1, -0.05) is 11.8 Å². The zero-order valence-corrected chi connectivity index (χ0v) is 29.5. The van der Waals surface area contributed by atoms with E-state index in [0.717, 1.165) is 41.3 Å². The molecule has 0 aliphatic heterocycles. The van der Waals surface area contributed by atoms with Gasteiger partial charge in [-0.2, -0.15) is 16.6 Å². The predicted molar refractivity (Wildman–Crippen MR) is 188 cm³/mol. The highest BCUT2D eigenvalue weighted by Gasteiger charge is 2.02. The first-order chi connectivity index (χ1) is 18.2. The van der Waals surface area contributed by atoms with Crippen molar-refractivity contribution < 1.29 is 23.9 Å². The van der Waals surface area contributed by atoms with E-state index >= 15 is 0 Å². The quantitative estimate of drug-likeness (QED) is 0.0246. The molecule has 19 heteroatoms. The van der Waals surface area contributed by atoms with E-state index in [1.807, 2.05) is 47.0 Å². The van der Waals surface area contributed by atoms with Crippen LogP contribution < -0.4 is 5.32 Å². The third-order valence-electron chi connectivity index (χ3n) is 2.91. The molecule has 0 spiro atoms. The van der Waals surface area contributed by atoms with Gasteiger partial charge in [-0.05, 0) is 0 Å². The number of nitrogens with one attached hydrogen (secondary N) is 1. The van der Waals surface area contributed by atoms with Crippen LogP contribution in [0.3, 0.4) is 0 Å². The molecule has 2 N–H and O–H groups in total. The molecule has 37 heavy (non-hydrogen) atoms. The minimum absolute atomic E-state index is 0.0330. The van der Waals surface area contributed by atoms with E-state index in [1.165, 1.54) is 23.7 Å². The van der Waals surface area contributed by atoms with E-state index in [9.17, 15) is 9.00 Å². The van der Waals surface area contributed by atoms with Crippen LogP contribution in [0, 0.1) is 0 Å². The zero-order valence-electron chi connectivity index (χ0n) is 20.5. The molecule has 1 unspecified atom stereocenters. The Bertz CT molecular complexity index is 598. The van der Waals surface area contributed by atoms with Crippen LogP contribution in [0.4, 0.5) is 4.79 Å². The predicted octanol–water partition coefficient (Wildman–Crippen LogP) is 5.98. The van der Waals surface area contributed by atoms with Gasteiger partial charge in [0.25, 0.3) is 5.24 Å². The summed E-state index contributed by atoms with van der Waals surface area (Å²) >= 11 is 17.2. The Morgan fingerprint density at radius 1 is 0.892 bits per heavy atom. The molecular weight excluding hydrogens is 691 g/mol. The Kier molecular flexibility index (Phi) is 36.4. The van der Waals surface area contributed by atoms with Gasteiger partial charge in [-0.25, -0.2) is 4.99 Å². The molecule has 0 aromatic rings. The van der Waals surface area contributed by atoms with Gasteiger partial charge in [0.2, 0.25) is 6.40 Å². The topological polar surface area (TPSA) is 110 Å². The van der Waals surface area contributed by atoms with Crippen LogP contribution in [-0.4, -0.2) is 111 Å². The zero-order chi connectivity index (χ0) is 27.1. The summed E-state index contributed by atoms with van der Waals surface area (Å²) in [7, 11) is 0.677. The first-order valence-electron chi connectivity index (χ1n) is 10.5. The molecule has 0 saturated carbocycles. The summed E-state index contributed by atoms with van der Waals surface area (Å²) in [5.41, 5.74) is 1.48. The van der Waals surface area contributed by atoms with Crippen LogP contribution in [-0.2, 0) is 20.6 Å². The number of rotatable bonds is 28. The Morgan fingerprint density at radius 2 is 1.54 bits per heavy atom. The fourth-order valence-corrected chi connectivity index (χ4v) is 13.4. The Morgan fingerprint density at radius 3 is 2.24 bits per heavy atom. The van der Waals surface area contributed by atoms with E-state index in [4.69, 9.17) is 14.9 Å². The fourth-order valence-electron chi connectivity index (χ4n) is 1.57. The van der Waals surface area contributed by atoms with Gasteiger partial charge in [0, 0.05) is 54.1 Å². The summed E-state index contributed by atoms with van der Waals surface area (Å²) in [5, 5.41) is 18.8. The normalized spacial score (nSPS) is 12.5. The molecule has 0 radical (unpaired) electrons. The number of aliphatic hydroxyl groups is 1. The third kappa shape index (κ3) is 34.3. The second kappa shape index (κ2) is 34.4. The number of nitrogens with zero attached hydrogens (tertiary/aromatic N) is 2. The van der Waals surface area contributed by atoms with Crippen LogP contribution in [0.15, 0.2) is 9.98 Å². The Labute approximate surface area is 266 Å². The van der Waals surface area contributed by atoms with Gasteiger partial charge in [0.15, 0.2) is 0 Å². The maximum Gasteiger partial charge on any atom is 0.280 e. The smallest absolute Gasteiger partial charge is 0.280 e. The average molecular weight is 726 g/mol. The first-order valence-corrected chi connectivity index (χ1v) is 23.2. The first kappa shape index (κ1) is 39.2. The second-order valence-corrected chi connectivity index (χ2v) is 20.0. The van der Waals surface area contributed by atoms with Crippen molar-refractivity contribution >= 4 is 146 Å². The van der Waals surface area contributed by atoms with Crippen molar-refractivity contribution in [1.29, 1.82) is 0 Å². The largest absolute Gasteiger partial charge is 0.396 e. The van der Waals surface area contributed by atoms with E-state index in [1.54, 1.807) is 65.9 Å². The molecule has 0 heterocycles. The number of aliphatic hydroxyl groups excluding tert-OH is 1. The lowest BCUT2D eigenvalue weighted by Crippen LogP contribution is -2.17. The molecule has 8 nitrogen and oxygen atoms in total. The molecule has 1 amide bonds. The van der Waals surface area contributed by atoms with Crippen molar-refractivity contribution in [3.05, 3.63) is 0 Å². The maximum absolute atomic E-state index is 11.8.